The van der Waals surface area contributed by atoms with Gasteiger partial charge in [0, 0.05) is 6.54 Å². The van der Waals surface area contributed by atoms with Crippen molar-refractivity contribution in [2.45, 2.75) is 39.5 Å². The van der Waals surface area contributed by atoms with E-state index in [1.807, 2.05) is 0 Å². The molecule has 0 amide bonds. The molecule has 1 aliphatic rings. The fraction of sp³-hybridized carbons (Fsp3) is 0.600. The van der Waals surface area contributed by atoms with E-state index >= 15 is 0 Å². The largest absolute Gasteiger partial charge is 0.491 e. The Hall–Kier alpha value is -1.18. The first-order chi connectivity index (χ1) is 8.29. The molecule has 0 radical (unpaired) electrons. The van der Waals surface area contributed by atoms with Crippen molar-refractivity contribution in [2.24, 2.45) is 5.92 Å². The van der Waals surface area contributed by atoms with Gasteiger partial charge in [-0.05, 0) is 49.8 Å². The lowest BCUT2D eigenvalue weighted by molar-refractivity contribution is 0.316. The molecule has 2 nitrogen and oxygen atoms in total. The predicted octanol–water partition coefficient (Wildman–Crippen LogP) is 4.00. The molecule has 0 unspecified atom stereocenters. The Morgan fingerprint density at radius 2 is 2.18 bits per heavy atom. The van der Waals surface area contributed by atoms with E-state index in [4.69, 9.17) is 4.74 Å². The minimum absolute atomic E-state index is 0.793. The van der Waals surface area contributed by atoms with Crippen molar-refractivity contribution in [1.29, 1.82) is 0 Å². The second-order valence-corrected chi connectivity index (χ2v) is 5.03. The Kier molecular flexibility index (Phi) is 4.29. The van der Waals surface area contributed by atoms with Crippen LogP contribution in [0.4, 0.5) is 5.69 Å². The molecule has 1 aromatic rings. The molecule has 1 aromatic carbocycles. The van der Waals surface area contributed by atoms with E-state index in [9.17, 15) is 0 Å². The SMILES string of the molecule is CCCOc1cc(C)ccc1NCC1CCC1. The standard InChI is InChI=1S/C15H23NO/c1-3-9-17-15-10-12(2)7-8-14(15)16-11-13-5-4-6-13/h7-8,10,13,16H,3-6,9,11H2,1-2H3. The zero-order chi connectivity index (χ0) is 12.1. The van der Waals surface area contributed by atoms with Gasteiger partial charge in [-0.15, -0.1) is 0 Å². The van der Waals surface area contributed by atoms with Crippen molar-refractivity contribution in [3.63, 3.8) is 0 Å². The molecule has 17 heavy (non-hydrogen) atoms. The fourth-order valence-electron chi connectivity index (χ4n) is 2.06. The molecule has 0 atom stereocenters. The van der Waals surface area contributed by atoms with Gasteiger partial charge in [0.15, 0.2) is 0 Å². The Labute approximate surface area is 104 Å². The maximum Gasteiger partial charge on any atom is 0.142 e. The number of hydrogen-bond acceptors (Lipinski definition) is 2. The van der Waals surface area contributed by atoms with Crippen LogP contribution in [0.15, 0.2) is 18.2 Å². The molecular formula is C15H23NO. The Morgan fingerprint density at radius 3 is 2.82 bits per heavy atom. The summed E-state index contributed by atoms with van der Waals surface area (Å²) in [7, 11) is 0. The Balaban J connectivity index is 1.97. The minimum Gasteiger partial charge on any atom is -0.491 e. The smallest absolute Gasteiger partial charge is 0.142 e. The summed E-state index contributed by atoms with van der Waals surface area (Å²) in [5.74, 6) is 1.88. The molecule has 1 aliphatic carbocycles. The van der Waals surface area contributed by atoms with E-state index in [0.717, 1.165) is 36.9 Å². The average molecular weight is 233 g/mol. The molecule has 1 fully saturated rings. The summed E-state index contributed by atoms with van der Waals surface area (Å²) >= 11 is 0. The highest BCUT2D eigenvalue weighted by molar-refractivity contribution is 5.57. The van der Waals surface area contributed by atoms with Crippen LogP contribution in [-0.4, -0.2) is 13.2 Å². The number of aryl methyl sites for hydroxylation is 1. The quantitative estimate of drug-likeness (QED) is 0.802. The molecule has 2 heteroatoms. The highest BCUT2D eigenvalue weighted by atomic mass is 16.5. The van der Waals surface area contributed by atoms with Gasteiger partial charge in [-0.3, -0.25) is 0 Å². The third-order valence-electron chi connectivity index (χ3n) is 3.40. The zero-order valence-electron chi connectivity index (χ0n) is 11.0. The summed E-state index contributed by atoms with van der Waals surface area (Å²) in [5, 5.41) is 3.53. The normalized spacial score (nSPS) is 15.4. The molecule has 0 aliphatic heterocycles. The van der Waals surface area contributed by atoms with Crippen molar-refractivity contribution in [2.75, 3.05) is 18.5 Å². The van der Waals surface area contributed by atoms with Gasteiger partial charge in [0.25, 0.3) is 0 Å². The lowest BCUT2D eigenvalue weighted by atomic mass is 9.85. The van der Waals surface area contributed by atoms with Crippen LogP contribution in [0.5, 0.6) is 5.75 Å². The first-order valence-corrected chi connectivity index (χ1v) is 6.77. The number of ether oxygens (including phenoxy) is 1. The van der Waals surface area contributed by atoms with Crippen molar-refractivity contribution < 1.29 is 4.74 Å². The van der Waals surface area contributed by atoms with E-state index in [-0.39, 0.29) is 0 Å². The fourth-order valence-corrected chi connectivity index (χ4v) is 2.06. The van der Waals surface area contributed by atoms with Crippen molar-refractivity contribution in [1.82, 2.24) is 0 Å². The van der Waals surface area contributed by atoms with Gasteiger partial charge >= 0.3 is 0 Å². The van der Waals surface area contributed by atoms with Crippen LogP contribution in [0.25, 0.3) is 0 Å². The predicted molar refractivity (Wildman–Crippen MR) is 72.8 cm³/mol. The van der Waals surface area contributed by atoms with Gasteiger partial charge in [0.05, 0.1) is 12.3 Å². The van der Waals surface area contributed by atoms with Gasteiger partial charge in [-0.25, -0.2) is 0 Å². The molecule has 0 aromatic heterocycles. The Morgan fingerprint density at radius 1 is 1.35 bits per heavy atom. The van der Waals surface area contributed by atoms with Crippen LogP contribution < -0.4 is 10.1 Å². The third kappa shape index (κ3) is 3.39. The van der Waals surface area contributed by atoms with Crippen LogP contribution in [-0.2, 0) is 0 Å². The van der Waals surface area contributed by atoms with Crippen molar-refractivity contribution >= 4 is 5.69 Å². The first-order valence-electron chi connectivity index (χ1n) is 6.77. The second kappa shape index (κ2) is 5.95. The maximum atomic E-state index is 5.79. The molecule has 0 bridgehead atoms. The Bertz CT molecular complexity index is 358. The molecule has 0 spiro atoms. The maximum absolute atomic E-state index is 5.79. The number of rotatable bonds is 6. The summed E-state index contributed by atoms with van der Waals surface area (Å²) in [5.41, 5.74) is 2.40. The van der Waals surface area contributed by atoms with E-state index < -0.39 is 0 Å². The summed E-state index contributed by atoms with van der Waals surface area (Å²) in [4.78, 5) is 0. The topological polar surface area (TPSA) is 21.3 Å². The lowest BCUT2D eigenvalue weighted by Gasteiger charge is -2.26. The van der Waals surface area contributed by atoms with E-state index in [1.165, 1.54) is 24.8 Å². The van der Waals surface area contributed by atoms with Crippen LogP contribution in [0.2, 0.25) is 0 Å². The van der Waals surface area contributed by atoms with Crippen LogP contribution in [0.3, 0.4) is 0 Å². The number of hydrogen-bond donors (Lipinski definition) is 1. The van der Waals surface area contributed by atoms with E-state index in [2.05, 4.69) is 37.4 Å². The van der Waals surface area contributed by atoms with Gasteiger partial charge in [0.1, 0.15) is 5.75 Å². The number of nitrogens with one attached hydrogen (secondary N) is 1. The minimum atomic E-state index is 0.793. The average Bonchev–Trinajstić information content (AvgIpc) is 2.26. The third-order valence-corrected chi connectivity index (χ3v) is 3.40. The van der Waals surface area contributed by atoms with Crippen molar-refractivity contribution in [3.05, 3.63) is 23.8 Å². The van der Waals surface area contributed by atoms with Crippen LogP contribution in [0.1, 0.15) is 38.2 Å². The molecule has 0 heterocycles. The summed E-state index contributed by atoms with van der Waals surface area (Å²) in [6.45, 7) is 6.12. The molecule has 94 valence electrons. The van der Waals surface area contributed by atoms with Crippen molar-refractivity contribution in [3.8, 4) is 5.75 Å². The summed E-state index contributed by atoms with van der Waals surface area (Å²) < 4.78 is 5.79. The van der Waals surface area contributed by atoms with Crippen LogP contribution in [0, 0.1) is 12.8 Å². The molecule has 1 N–H and O–H groups in total. The van der Waals surface area contributed by atoms with Gasteiger partial charge in [-0.2, -0.15) is 0 Å². The first kappa shape index (κ1) is 12.3. The number of benzene rings is 1. The highest BCUT2D eigenvalue weighted by Crippen LogP contribution is 2.30. The number of anilines is 1. The van der Waals surface area contributed by atoms with Crippen LogP contribution >= 0.6 is 0 Å². The lowest BCUT2D eigenvalue weighted by Crippen LogP contribution is -2.21. The van der Waals surface area contributed by atoms with Gasteiger partial charge in [0.2, 0.25) is 0 Å². The van der Waals surface area contributed by atoms with E-state index in [1.54, 1.807) is 0 Å². The molecule has 0 saturated heterocycles. The highest BCUT2D eigenvalue weighted by Gasteiger charge is 2.17. The van der Waals surface area contributed by atoms with Gasteiger partial charge < -0.3 is 10.1 Å². The molecule has 1 saturated carbocycles. The molecule has 2 rings (SSSR count). The zero-order valence-corrected chi connectivity index (χ0v) is 11.0. The summed E-state index contributed by atoms with van der Waals surface area (Å²) in [6.07, 6.45) is 5.21. The monoisotopic (exact) mass is 233 g/mol. The van der Waals surface area contributed by atoms with E-state index in [0.29, 0.717) is 0 Å². The van der Waals surface area contributed by atoms with Gasteiger partial charge in [-0.1, -0.05) is 19.4 Å². The second-order valence-electron chi connectivity index (χ2n) is 5.03. The summed E-state index contributed by atoms with van der Waals surface area (Å²) in [6, 6.07) is 6.40. The molecular weight excluding hydrogens is 210 g/mol.